The second kappa shape index (κ2) is 13.5. The van der Waals surface area contributed by atoms with Gasteiger partial charge in [-0.15, -0.1) is 0 Å². The van der Waals surface area contributed by atoms with E-state index in [2.05, 4.69) is 70.2 Å². The Morgan fingerprint density at radius 1 is 0.841 bits per heavy atom. The molecule has 1 N–H and O–H groups in total. The molecule has 1 aliphatic heterocycles. The first kappa shape index (κ1) is 31.7. The van der Waals surface area contributed by atoms with Crippen LogP contribution in [0, 0.1) is 13.8 Å². The van der Waals surface area contributed by atoms with Gasteiger partial charge in [-0.3, -0.25) is 14.5 Å². The van der Waals surface area contributed by atoms with E-state index in [1.54, 1.807) is 24.3 Å². The molecule has 2 amide bonds. The Labute approximate surface area is 262 Å². The van der Waals surface area contributed by atoms with Gasteiger partial charge in [0, 0.05) is 12.0 Å². The molecule has 0 saturated heterocycles. The van der Waals surface area contributed by atoms with Crippen LogP contribution in [0.25, 0.3) is 6.08 Å². The van der Waals surface area contributed by atoms with Crippen LogP contribution < -0.4 is 4.74 Å². The highest BCUT2D eigenvalue weighted by atomic mass is 16.5. The Hall–Kier alpha value is -3.70. The van der Waals surface area contributed by atoms with E-state index in [1.165, 1.54) is 27.2 Å². The van der Waals surface area contributed by atoms with E-state index >= 15 is 0 Å². The van der Waals surface area contributed by atoms with Crippen LogP contribution in [0.5, 0.6) is 5.75 Å². The molecular formula is C39H47NO4. The Morgan fingerprint density at radius 3 is 2.05 bits per heavy atom. The first-order valence-electron chi connectivity index (χ1n) is 16.4. The zero-order chi connectivity index (χ0) is 31.3. The first-order valence-corrected chi connectivity index (χ1v) is 16.4. The third kappa shape index (κ3) is 6.39. The Balaban J connectivity index is 1.17. The highest BCUT2D eigenvalue weighted by molar-refractivity contribution is 6.21. The number of ether oxygens (including phenoxy) is 1. The lowest BCUT2D eigenvalue weighted by molar-refractivity contribution is 0.0651. The second-order valence-electron chi connectivity index (χ2n) is 12.7. The number of nitrogens with zero attached hydrogens (tertiary/aromatic N) is 1. The van der Waals surface area contributed by atoms with Crippen LogP contribution in [0.1, 0.15) is 120 Å². The lowest BCUT2D eigenvalue weighted by Gasteiger charge is -2.34. The second-order valence-corrected chi connectivity index (χ2v) is 12.7. The zero-order valence-electron chi connectivity index (χ0n) is 26.8. The quantitative estimate of drug-likeness (QED) is 0.159. The molecule has 0 bridgehead atoms. The summed E-state index contributed by atoms with van der Waals surface area (Å²) in [6.45, 7) is 9.85. The highest BCUT2D eigenvalue weighted by Crippen LogP contribution is 2.41. The minimum Gasteiger partial charge on any atom is -0.493 e. The van der Waals surface area contributed by atoms with E-state index in [0.29, 0.717) is 24.3 Å². The number of carbonyl (C=O) groups is 2. The third-order valence-corrected chi connectivity index (χ3v) is 9.96. The first-order chi connectivity index (χ1) is 21.2. The topological polar surface area (TPSA) is 66.8 Å². The van der Waals surface area contributed by atoms with Crippen molar-refractivity contribution in [3.8, 4) is 5.75 Å². The monoisotopic (exact) mass is 593 g/mol. The summed E-state index contributed by atoms with van der Waals surface area (Å²) in [5.41, 5.74) is 6.42. The van der Waals surface area contributed by atoms with Crippen LogP contribution in [0.15, 0.2) is 66.7 Å². The van der Waals surface area contributed by atoms with Gasteiger partial charge in [-0.25, -0.2) is 0 Å². The molecular weight excluding hydrogens is 546 g/mol. The highest BCUT2D eigenvalue weighted by Gasteiger charge is 2.35. The predicted molar refractivity (Wildman–Crippen MR) is 177 cm³/mol. The van der Waals surface area contributed by atoms with Crippen molar-refractivity contribution >= 4 is 17.9 Å². The Kier molecular flexibility index (Phi) is 9.75. The fourth-order valence-corrected chi connectivity index (χ4v) is 7.07. The molecule has 5 nitrogen and oxygen atoms in total. The minimum absolute atomic E-state index is 0.0932. The van der Waals surface area contributed by atoms with Gasteiger partial charge in [-0.05, 0) is 105 Å². The molecule has 0 spiro atoms. The third-order valence-electron chi connectivity index (χ3n) is 9.96. The molecule has 5 rings (SSSR count). The SMILES string of the molecule is CCC(CC)(c1ccc(/C=C/C2(O)CCCC2)c(C)c1)c1ccc(OCCCCCN2C(=O)c3ccccc3C2=O)c(C)c1. The maximum Gasteiger partial charge on any atom is 0.261 e. The normalized spacial score (nSPS) is 16.2. The summed E-state index contributed by atoms with van der Waals surface area (Å²) in [4.78, 5) is 26.5. The van der Waals surface area contributed by atoms with Gasteiger partial charge in [0.2, 0.25) is 0 Å². The average molecular weight is 594 g/mol. The Bertz CT molecular complexity index is 1490. The number of imide groups is 1. The summed E-state index contributed by atoms with van der Waals surface area (Å²) < 4.78 is 6.18. The molecule has 1 heterocycles. The molecule has 0 atom stereocenters. The van der Waals surface area contributed by atoms with Gasteiger partial charge < -0.3 is 9.84 Å². The van der Waals surface area contributed by atoms with Gasteiger partial charge in [-0.1, -0.05) is 81.3 Å². The van der Waals surface area contributed by atoms with Gasteiger partial charge in [0.05, 0.1) is 23.3 Å². The van der Waals surface area contributed by atoms with Crippen molar-refractivity contribution < 1.29 is 19.4 Å². The van der Waals surface area contributed by atoms with Crippen molar-refractivity contribution in [1.29, 1.82) is 0 Å². The average Bonchev–Trinajstić information content (AvgIpc) is 3.57. The fourth-order valence-electron chi connectivity index (χ4n) is 7.07. The summed E-state index contributed by atoms with van der Waals surface area (Å²) >= 11 is 0. The number of fused-ring (bicyclic) bond motifs is 1. The van der Waals surface area contributed by atoms with Crippen molar-refractivity contribution in [2.75, 3.05) is 13.2 Å². The summed E-state index contributed by atoms with van der Waals surface area (Å²) in [5.74, 6) is 0.529. The molecule has 3 aromatic carbocycles. The minimum atomic E-state index is -0.648. The number of amides is 2. The number of carbonyl (C=O) groups excluding carboxylic acids is 2. The maximum absolute atomic E-state index is 12.6. The lowest BCUT2D eigenvalue weighted by atomic mass is 9.70. The number of rotatable bonds is 13. The van der Waals surface area contributed by atoms with Crippen molar-refractivity contribution in [3.63, 3.8) is 0 Å². The number of benzene rings is 3. The van der Waals surface area contributed by atoms with Gasteiger partial charge in [0.25, 0.3) is 11.8 Å². The van der Waals surface area contributed by atoms with E-state index in [9.17, 15) is 14.7 Å². The smallest absolute Gasteiger partial charge is 0.261 e. The largest absolute Gasteiger partial charge is 0.493 e. The van der Waals surface area contributed by atoms with Gasteiger partial charge in [0.15, 0.2) is 0 Å². The standard InChI is InChI=1S/C39H47NO4/c1-5-39(6-2,31-17-16-30(28(3)26-31)20-23-38(43)21-10-11-22-38)32-18-19-35(29(4)27-32)44-25-13-7-12-24-40-36(41)33-14-8-9-15-34(33)37(40)42/h8-9,14-20,23,26-27,43H,5-7,10-13,21-22,24-25H2,1-4H3/b23-20+. The van der Waals surface area contributed by atoms with Gasteiger partial charge >= 0.3 is 0 Å². The maximum atomic E-state index is 12.6. The van der Waals surface area contributed by atoms with Crippen LogP contribution in [0.4, 0.5) is 0 Å². The van der Waals surface area contributed by atoms with Crippen molar-refractivity contribution in [2.45, 2.75) is 96.5 Å². The number of aryl methyl sites for hydroxylation is 2. The van der Waals surface area contributed by atoms with Crippen LogP contribution in [0.2, 0.25) is 0 Å². The molecule has 0 unspecified atom stereocenters. The van der Waals surface area contributed by atoms with E-state index in [-0.39, 0.29) is 17.2 Å². The zero-order valence-corrected chi connectivity index (χ0v) is 26.8. The number of hydrogen-bond donors (Lipinski definition) is 1. The Morgan fingerprint density at radius 2 is 1.45 bits per heavy atom. The van der Waals surface area contributed by atoms with Crippen LogP contribution in [0.3, 0.4) is 0 Å². The molecule has 0 aromatic heterocycles. The summed E-state index contributed by atoms with van der Waals surface area (Å²) in [7, 11) is 0. The molecule has 5 heteroatoms. The van der Waals surface area contributed by atoms with E-state index < -0.39 is 5.60 Å². The number of aliphatic hydroxyl groups is 1. The van der Waals surface area contributed by atoms with Crippen LogP contribution in [-0.2, 0) is 5.41 Å². The summed E-state index contributed by atoms with van der Waals surface area (Å²) in [6, 6.07) is 20.4. The number of unbranched alkanes of at least 4 members (excludes halogenated alkanes) is 2. The van der Waals surface area contributed by atoms with Gasteiger partial charge in [0.1, 0.15) is 5.75 Å². The summed E-state index contributed by atoms with van der Waals surface area (Å²) in [5, 5.41) is 10.8. The molecule has 2 aliphatic rings. The van der Waals surface area contributed by atoms with Crippen molar-refractivity contribution in [2.24, 2.45) is 0 Å². The van der Waals surface area contributed by atoms with E-state index in [4.69, 9.17) is 4.74 Å². The lowest BCUT2D eigenvalue weighted by Crippen LogP contribution is -2.30. The number of hydrogen-bond acceptors (Lipinski definition) is 4. The molecule has 1 fully saturated rings. The molecule has 44 heavy (non-hydrogen) atoms. The predicted octanol–water partition coefficient (Wildman–Crippen LogP) is 8.57. The van der Waals surface area contributed by atoms with E-state index in [0.717, 1.165) is 69.1 Å². The summed E-state index contributed by atoms with van der Waals surface area (Å²) in [6.07, 6.45) is 12.5. The van der Waals surface area contributed by atoms with Crippen LogP contribution >= 0.6 is 0 Å². The van der Waals surface area contributed by atoms with Crippen LogP contribution in [-0.4, -0.2) is 40.6 Å². The van der Waals surface area contributed by atoms with Crippen molar-refractivity contribution in [1.82, 2.24) is 4.90 Å². The van der Waals surface area contributed by atoms with Crippen molar-refractivity contribution in [3.05, 3.63) is 106 Å². The van der Waals surface area contributed by atoms with E-state index in [1.807, 2.05) is 6.08 Å². The van der Waals surface area contributed by atoms with Gasteiger partial charge in [-0.2, -0.15) is 0 Å². The molecule has 232 valence electrons. The molecule has 0 radical (unpaired) electrons. The molecule has 3 aromatic rings. The molecule has 1 saturated carbocycles. The fraction of sp³-hybridized carbons (Fsp3) is 0.436. The molecule has 1 aliphatic carbocycles.